The van der Waals surface area contributed by atoms with E-state index in [1.807, 2.05) is 31.2 Å². The summed E-state index contributed by atoms with van der Waals surface area (Å²) >= 11 is 0. The van der Waals surface area contributed by atoms with Crippen molar-refractivity contribution in [3.05, 3.63) is 114 Å². The number of phenols is 1. The second kappa shape index (κ2) is 16.0. The zero-order valence-corrected chi connectivity index (χ0v) is 31.7. The van der Waals surface area contributed by atoms with Gasteiger partial charge in [-0.3, -0.25) is 9.11 Å². The SMILES string of the molecule is COc1cc(N=Nc2c(S(=O)(=O)O)cc3cc(Nc4ccc(C)cc4)ccc3c2O)c(OC)cc1N=Nc1ccc(N=Nc2ccc(S(=O)(=O)O)cc2)c(C)c1. The third-order valence-corrected chi connectivity index (χ3v) is 10.0. The van der Waals surface area contributed by atoms with Crippen molar-refractivity contribution in [2.75, 3.05) is 19.5 Å². The van der Waals surface area contributed by atoms with E-state index in [0.717, 1.165) is 11.3 Å². The largest absolute Gasteiger partial charge is 0.505 e. The summed E-state index contributed by atoms with van der Waals surface area (Å²) in [5.41, 5.74) is 4.41. The highest BCUT2D eigenvalue weighted by atomic mass is 32.2. The van der Waals surface area contributed by atoms with E-state index in [0.29, 0.717) is 33.7 Å². The Kier molecular flexibility index (Phi) is 11.2. The molecule has 18 heteroatoms. The number of fused-ring (bicyclic) bond motifs is 1. The number of rotatable bonds is 12. The average Bonchev–Trinajstić information content (AvgIpc) is 3.16. The monoisotopic (exact) mass is 795 g/mol. The van der Waals surface area contributed by atoms with E-state index < -0.39 is 36.6 Å². The van der Waals surface area contributed by atoms with Gasteiger partial charge < -0.3 is 19.9 Å². The Morgan fingerprint density at radius 3 is 1.73 bits per heavy atom. The van der Waals surface area contributed by atoms with Gasteiger partial charge in [0, 0.05) is 28.9 Å². The summed E-state index contributed by atoms with van der Waals surface area (Å²) in [6.07, 6.45) is 0. The quantitative estimate of drug-likeness (QED) is 0.0675. The van der Waals surface area contributed by atoms with Crippen LogP contribution in [0.4, 0.5) is 45.5 Å². The van der Waals surface area contributed by atoms with Crippen LogP contribution in [-0.4, -0.2) is 45.3 Å². The number of ether oxygens (including phenoxy) is 2. The van der Waals surface area contributed by atoms with Gasteiger partial charge in [-0.25, -0.2) is 0 Å². The summed E-state index contributed by atoms with van der Waals surface area (Å²) in [5.74, 6) is -0.160. The molecule has 0 radical (unpaired) electrons. The summed E-state index contributed by atoms with van der Waals surface area (Å²) in [4.78, 5) is -0.916. The fraction of sp³-hybridized carbons (Fsp3) is 0.105. The number of hydrogen-bond acceptors (Lipinski definition) is 14. The molecular weight excluding hydrogens is 763 g/mol. The van der Waals surface area contributed by atoms with Crippen LogP contribution in [0.5, 0.6) is 17.2 Å². The number of phenolic OH excluding ortho intramolecular Hbond substituents is 1. The lowest BCUT2D eigenvalue weighted by Crippen LogP contribution is -1.99. The smallest absolute Gasteiger partial charge is 0.296 e. The van der Waals surface area contributed by atoms with E-state index in [4.69, 9.17) is 14.0 Å². The summed E-state index contributed by atoms with van der Waals surface area (Å²) in [5, 5.41) is 40.1. The molecule has 4 N–H and O–H groups in total. The van der Waals surface area contributed by atoms with E-state index in [1.165, 1.54) is 56.7 Å². The van der Waals surface area contributed by atoms with Gasteiger partial charge in [-0.15, -0.1) is 15.3 Å². The van der Waals surface area contributed by atoms with E-state index in [2.05, 4.69) is 36.0 Å². The minimum absolute atomic E-state index is 0.0833. The van der Waals surface area contributed by atoms with Crippen molar-refractivity contribution in [3.63, 3.8) is 0 Å². The molecule has 0 unspecified atom stereocenters. The Hall–Kier alpha value is -6.60. The van der Waals surface area contributed by atoms with Crippen LogP contribution in [0.3, 0.4) is 0 Å². The molecule has 0 amide bonds. The van der Waals surface area contributed by atoms with Gasteiger partial charge in [-0.05, 0) is 104 Å². The molecule has 6 rings (SSSR count). The van der Waals surface area contributed by atoms with Crippen molar-refractivity contribution >= 4 is 76.5 Å². The third kappa shape index (κ3) is 9.01. The maximum absolute atomic E-state index is 12.5. The molecule has 0 spiro atoms. The van der Waals surface area contributed by atoms with Crippen LogP contribution < -0.4 is 14.8 Å². The molecule has 0 saturated carbocycles. The maximum Gasteiger partial charge on any atom is 0.296 e. The summed E-state index contributed by atoms with van der Waals surface area (Å²) < 4.78 is 77.9. The number of benzene rings is 6. The van der Waals surface area contributed by atoms with Crippen molar-refractivity contribution in [2.24, 2.45) is 30.7 Å². The normalized spacial score (nSPS) is 12.2. The highest BCUT2D eigenvalue weighted by molar-refractivity contribution is 7.86. The van der Waals surface area contributed by atoms with Crippen LogP contribution in [0.25, 0.3) is 10.8 Å². The van der Waals surface area contributed by atoms with Crippen molar-refractivity contribution < 1.29 is 40.5 Å². The first-order chi connectivity index (χ1) is 26.6. The number of nitrogens with zero attached hydrogens (tertiary/aromatic N) is 6. The molecule has 0 heterocycles. The lowest BCUT2D eigenvalue weighted by atomic mass is 10.1. The molecule has 0 fully saturated rings. The fourth-order valence-electron chi connectivity index (χ4n) is 5.37. The van der Waals surface area contributed by atoms with Gasteiger partial charge in [0.15, 0.2) is 5.75 Å². The van der Waals surface area contributed by atoms with Gasteiger partial charge in [-0.2, -0.15) is 32.2 Å². The highest BCUT2D eigenvalue weighted by Crippen LogP contribution is 2.45. The topological polar surface area (TPSA) is 234 Å². The zero-order valence-electron chi connectivity index (χ0n) is 30.1. The lowest BCUT2D eigenvalue weighted by Gasteiger charge is -2.12. The second-order valence-corrected chi connectivity index (χ2v) is 15.0. The second-order valence-electron chi connectivity index (χ2n) is 12.2. The van der Waals surface area contributed by atoms with Crippen LogP contribution in [-0.2, 0) is 20.2 Å². The predicted molar refractivity (Wildman–Crippen MR) is 209 cm³/mol. The first-order valence-electron chi connectivity index (χ1n) is 16.4. The van der Waals surface area contributed by atoms with Gasteiger partial charge in [0.05, 0.1) is 36.2 Å². The van der Waals surface area contributed by atoms with Gasteiger partial charge >= 0.3 is 0 Å². The lowest BCUT2D eigenvalue weighted by molar-refractivity contribution is 0.405. The van der Waals surface area contributed by atoms with Crippen molar-refractivity contribution in [1.82, 2.24) is 0 Å². The number of nitrogens with one attached hydrogen (secondary N) is 1. The Bertz CT molecular complexity index is 2780. The third-order valence-electron chi connectivity index (χ3n) is 8.27. The minimum Gasteiger partial charge on any atom is -0.505 e. The van der Waals surface area contributed by atoms with Crippen LogP contribution in [0.15, 0.2) is 144 Å². The van der Waals surface area contributed by atoms with Crippen LogP contribution in [0.2, 0.25) is 0 Å². The molecule has 0 atom stereocenters. The van der Waals surface area contributed by atoms with Crippen LogP contribution in [0.1, 0.15) is 11.1 Å². The van der Waals surface area contributed by atoms with Gasteiger partial charge in [-0.1, -0.05) is 17.7 Å². The molecule has 6 aromatic carbocycles. The van der Waals surface area contributed by atoms with Crippen LogP contribution in [0, 0.1) is 13.8 Å². The molecule has 0 aliphatic heterocycles. The molecule has 0 aliphatic carbocycles. The van der Waals surface area contributed by atoms with Crippen LogP contribution >= 0.6 is 0 Å². The molecule has 286 valence electrons. The number of methoxy groups -OCH3 is 2. The van der Waals surface area contributed by atoms with E-state index in [1.54, 1.807) is 43.3 Å². The number of anilines is 2. The number of aryl methyl sites for hydroxylation is 2. The molecule has 16 nitrogen and oxygen atoms in total. The standard InChI is InChI=1S/C38H33N7O9S2/c1-22-5-7-25(8-6-22)39-27-11-15-30-24(18-27)19-36(56(50,51)52)37(38(30)46)45-44-33-21-34(53-3)32(20-35(33)54-4)43-41-28-12-16-31(23(2)17-28)42-40-26-9-13-29(14-10-26)55(47,48)49/h5-21,39,46H,1-4H3,(H,47,48,49)(H,50,51,52). The molecule has 56 heavy (non-hydrogen) atoms. The Labute approximate surface area is 321 Å². The molecule has 0 aliphatic rings. The summed E-state index contributed by atoms with van der Waals surface area (Å²) in [7, 11) is -6.43. The summed E-state index contributed by atoms with van der Waals surface area (Å²) in [6, 6.07) is 27.0. The molecule has 6 aromatic rings. The summed E-state index contributed by atoms with van der Waals surface area (Å²) in [6.45, 7) is 3.76. The van der Waals surface area contributed by atoms with Gasteiger partial charge in [0.25, 0.3) is 20.2 Å². The van der Waals surface area contributed by atoms with Crippen molar-refractivity contribution in [2.45, 2.75) is 23.6 Å². The molecule has 0 bridgehead atoms. The van der Waals surface area contributed by atoms with Gasteiger partial charge in [0.2, 0.25) is 0 Å². The Morgan fingerprint density at radius 2 is 1.14 bits per heavy atom. The first-order valence-corrected chi connectivity index (χ1v) is 19.3. The van der Waals surface area contributed by atoms with E-state index in [9.17, 15) is 26.5 Å². The average molecular weight is 796 g/mol. The maximum atomic E-state index is 12.5. The highest BCUT2D eigenvalue weighted by Gasteiger charge is 2.23. The number of azo groups is 3. The number of hydrogen-bond donors (Lipinski definition) is 4. The molecular formula is C38H33N7O9S2. The Morgan fingerprint density at radius 1 is 0.571 bits per heavy atom. The zero-order chi connectivity index (χ0) is 40.2. The Balaban J connectivity index is 1.26. The van der Waals surface area contributed by atoms with E-state index >= 15 is 0 Å². The molecule has 0 aromatic heterocycles. The van der Waals surface area contributed by atoms with Gasteiger partial charge in [0.1, 0.15) is 33.5 Å². The van der Waals surface area contributed by atoms with Crippen molar-refractivity contribution in [3.8, 4) is 17.2 Å². The number of aromatic hydroxyl groups is 1. The van der Waals surface area contributed by atoms with Crippen molar-refractivity contribution in [1.29, 1.82) is 0 Å². The molecule has 0 saturated heterocycles. The van der Waals surface area contributed by atoms with E-state index in [-0.39, 0.29) is 33.2 Å². The fourth-order valence-corrected chi connectivity index (χ4v) is 6.51. The minimum atomic E-state index is -4.88. The first kappa shape index (κ1) is 39.1. The predicted octanol–water partition coefficient (Wildman–Crippen LogP) is 10.7.